The van der Waals surface area contributed by atoms with Gasteiger partial charge in [-0.25, -0.2) is 13.1 Å². The van der Waals surface area contributed by atoms with Crippen molar-refractivity contribution < 1.29 is 13.2 Å². The predicted molar refractivity (Wildman–Crippen MR) is 120 cm³/mol. The summed E-state index contributed by atoms with van der Waals surface area (Å²) in [5.74, 6) is -0.238. The monoisotopic (exact) mass is 445 g/mol. The lowest BCUT2D eigenvalue weighted by Gasteiger charge is -2.10. The molecule has 3 rings (SSSR count). The molecule has 0 aliphatic rings. The van der Waals surface area contributed by atoms with E-state index in [1.54, 1.807) is 12.1 Å². The maximum absolute atomic E-state index is 12.8. The van der Waals surface area contributed by atoms with E-state index in [2.05, 4.69) is 10.0 Å². The maximum Gasteiger partial charge on any atom is 0.253 e. The Bertz CT molecular complexity index is 1150. The van der Waals surface area contributed by atoms with Crippen molar-refractivity contribution >= 4 is 27.5 Å². The third-order valence-corrected chi connectivity index (χ3v) is 6.49. The Morgan fingerprint density at radius 2 is 1.60 bits per heavy atom. The molecule has 6 nitrogen and oxygen atoms in total. The number of amides is 1. The van der Waals surface area contributed by atoms with E-state index in [4.69, 9.17) is 11.6 Å². The van der Waals surface area contributed by atoms with Gasteiger partial charge in [-0.15, -0.1) is 0 Å². The summed E-state index contributed by atoms with van der Waals surface area (Å²) in [6, 6.07) is 16.5. The molecule has 0 bridgehead atoms. The average molecular weight is 446 g/mol. The van der Waals surface area contributed by atoms with E-state index in [-0.39, 0.29) is 11.7 Å². The van der Waals surface area contributed by atoms with Crippen molar-refractivity contribution in [3.8, 4) is 5.69 Å². The average Bonchev–Trinajstić information content (AvgIpc) is 3.02. The first-order chi connectivity index (χ1) is 14.2. The van der Waals surface area contributed by atoms with E-state index in [1.807, 2.05) is 60.9 Å². The molecule has 2 N–H and O–H groups in total. The molecule has 0 aliphatic carbocycles. The second kappa shape index (κ2) is 9.04. The van der Waals surface area contributed by atoms with Crippen LogP contribution in [0.1, 0.15) is 32.9 Å². The van der Waals surface area contributed by atoms with Gasteiger partial charge < -0.3 is 9.88 Å². The minimum absolute atomic E-state index is 0.0766. The van der Waals surface area contributed by atoms with Gasteiger partial charge in [0.05, 0.1) is 11.3 Å². The Kier molecular flexibility index (Phi) is 6.65. The largest absolute Gasteiger partial charge is 0.348 e. The van der Waals surface area contributed by atoms with Gasteiger partial charge >= 0.3 is 0 Å². The molecule has 158 valence electrons. The molecule has 0 fully saturated rings. The Morgan fingerprint density at radius 3 is 2.20 bits per heavy atom. The van der Waals surface area contributed by atoms with Crippen LogP contribution in [-0.2, 0) is 22.3 Å². The SMILES string of the molecule is CNS(=O)(=O)Cc1ccc(CNC(=O)c2cc(C)n(-c3ccc(Cl)cc3)c2C)cc1. The van der Waals surface area contributed by atoms with Gasteiger partial charge in [-0.05, 0) is 62.4 Å². The molecule has 0 aliphatic heterocycles. The Balaban J connectivity index is 1.70. The maximum atomic E-state index is 12.8. The number of nitrogens with zero attached hydrogens (tertiary/aromatic N) is 1. The summed E-state index contributed by atoms with van der Waals surface area (Å²) in [5, 5.41) is 3.59. The standard InChI is InChI=1S/C22H24ClN3O3S/c1-15-12-21(16(2)26(15)20-10-8-19(23)9-11-20)22(27)25-13-17-4-6-18(7-5-17)14-30(28,29)24-3/h4-12,24H,13-14H2,1-3H3,(H,25,27). The van der Waals surface area contributed by atoms with Crippen molar-refractivity contribution in [2.75, 3.05) is 7.05 Å². The van der Waals surface area contributed by atoms with E-state index >= 15 is 0 Å². The summed E-state index contributed by atoms with van der Waals surface area (Å²) in [4.78, 5) is 12.8. The zero-order valence-corrected chi connectivity index (χ0v) is 18.6. The Labute approximate surface area is 181 Å². The Hall–Kier alpha value is -2.61. The molecule has 0 saturated heterocycles. The Morgan fingerprint density at radius 1 is 1.00 bits per heavy atom. The van der Waals surface area contributed by atoms with Gasteiger partial charge in [0.2, 0.25) is 10.0 Å². The van der Waals surface area contributed by atoms with Gasteiger partial charge in [0, 0.05) is 28.6 Å². The molecule has 0 saturated carbocycles. The summed E-state index contributed by atoms with van der Waals surface area (Å²) in [6.45, 7) is 4.21. The van der Waals surface area contributed by atoms with E-state index in [9.17, 15) is 13.2 Å². The molecule has 8 heteroatoms. The van der Waals surface area contributed by atoms with Crippen LogP contribution in [0, 0.1) is 13.8 Å². The lowest BCUT2D eigenvalue weighted by molar-refractivity contribution is 0.0950. The number of aryl methyl sites for hydroxylation is 1. The fourth-order valence-corrected chi connectivity index (χ4v) is 4.20. The quantitative estimate of drug-likeness (QED) is 0.581. The summed E-state index contributed by atoms with van der Waals surface area (Å²) in [6.07, 6.45) is 0. The van der Waals surface area contributed by atoms with Crippen LogP contribution in [0.25, 0.3) is 5.69 Å². The zero-order valence-electron chi connectivity index (χ0n) is 17.1. The van der Waals surface area contributed by atoms with E-state index in [0.29, 0.717) is 22.7 Å². The topological polar surface area (TPSA) is 80.2 Å². The first-order valence-electron chi connectivity index (χ1n) is 9.42. The summed E-state index contributed by atoms with van der Waals surface area (Å²) in [5.41, 5.74) is 4.93. The van der Waals surface area contributed by atoms with Crippen LogP contribution in [0.15, 0.2) is 54.6 Å². The number of hydrogen-bond donors (Lipinski definition) is 2. The number of carbonyl (C=O) groups is 1. The minimum atomic E-state index is -3.31. The number of carbonyl (C=O) groups excluding carboxylic acids is 1. The zero-order chi connectivity index (χ0) is 21.9. The second-order valence-corrected chi connectivity index (χ2v) is 9.42. The number of rotatable bonds is 7. The van der Waals surface area contributed by atoms with E-state index < -0.39 is 10.0 Å². The molecule has 3 aromatic rings. The molecular weight excluding hydrogens is 422 g/mol. The van der Waals surface area contributed by atoms with Crippen molar-refractivity contribution in [2.45, 2.75) is 26.1 Å². The first kappa shape index (κ1) is 22.1. The van der Waals surface area contributed by atoms with Crippen LogP contribution in [0.3, 0.4) is 0 Å². The molecule has 0 spiro atoms. The highest BCUT2D eigenvalue weighted by Crippen LogP contribution is 2.22. The number of halogens is 1. The van der Waals surface area contributed by atoms with Gasteiger partial charge in [0.15, 0.2) is 0 Å². The molecule has 0 radical (unpaired) electrons. The normalized spacial score (nSPS) is 11.5. The molecule has 0 unspecified atom stereocenters. The van der Waals surface area contributed by atoms with Crippen molar-refractivity contribution in [3.05, 3.63) is 87.7 Å². The van der Waals surface area contributed by atoms with Crippen LogP contribution in [0.4, 0.5) is 0 Å². The summed E-state index contributed by atoms with van der Waals surface area (Å²) in [7, 11) is -1.92. The van der Waals surface area contributed by atoms with Crippen LogP contribution in [0.2, 0.25) is 5.02 Å². The van der Waals surface area contributed by atoms with Crippen LogP contribution < -0.4 is 10.0 Å². The van der Waals surface area contributed by atoms with Crippen molar-refractivity contribution in [1.82, 2.24) is 14.6 Å². The van der Waals surface area contributed by atoms with Crippen LogP contribution >= 0.6 is 11.6 Å². The molecule has 1 heterocycles. The van der Waals surface area contributed by atoms with Crippen molar-refractivity contribution in [3.63, 3.8) is 0 Å². The van der Waals surface area contributed by atoms with Crippen molar-refractivity contribution in [2.24, 2.45) is 0 Å². The van der Waals surface area contributed by atoms with Gasteiger partial charge in [-0.2, -0.15) is 0 Å². The molecule has 1 aromatic heterocycles. The number of sulfonamides is 1. The van der Waals surface area contributed by atoms with Gasteiger partial charge in [0.1, 0.15) is 0 Å². The van der Waals surface area contributed by atoms with E-state index in [1.165, 1.54) is 7.05 Å². The highest BCUT2D eigenvalue weighted by Gasteiger charge is 2.16. The number of benzene rings is 2. The van der Waals surface area contributed by atoms with Crippen molar-refractivity contribution in [1.29, 1.82) is 0 Å². The third kappa shape index (κ3) is 5.11. The van der Waals surface area contributed by atoms with Gasteiger partial charge in [0.25, 0.3) is 5.91 Å². The molecule has 2 aromatic carbocycles. The number of nitrogens with one attached hydrogen (secondary N) is 2. The van der Waals surface area contributed by atoms with Gasteiger partial charge in [-0.1, -0.05) is 35.9 Å². The fourth-order valence-electron chi connectivity index (χ4n) is 3.30. The predicted octanol–water partition coefficient (Wildman–Crippen LogP) is 3.73. The fraction of sp³-hybridized carbons (Fsp3) is 0.227. The summed E-state index contributed by atoms with van der Waals surface area (Å²) < 4.78 is 27.6. The number of hydrogen-bond acceptors (Lipinski definition) is 3. The lowest BCUT2D eigenvalue weighted by atomic mass is 10.1. The molecule has 30 heavy (non-hydrogen) atoms. The van der Waals surface area contributed by atoms with Crippen LogP contribution in [-0.4, -0.2) is 25.9 Å². The second-order valence-electron chi connectivity index (χ2n) is 7.06. The molecule has 1 amide bonds. The van der Waals surface area contributed by atoms with Crippen LogP contribution in [0.5, 0.6) is 0 Å². The van der Waals surface area contributed by atoms with Gasteiger partial charge in [-0.3, -0.25) is 4.79 Å². The summed E-state index contributed by atoms with van der Waals surface area (Å²) >= 11 is 5.98. The number of aromatic nitrogens is 1. The highest BCUT2D eigenvalue weighted by atomic mass is 35.5. The lowest BCUT2D eigenvalue weighted by Crippen LogP contribution is -2.23. The third-order valence-electron chi connectivity index (χ3n) is 4.90. The minimum Gasteiger partial charge on any atom is -0.348 e. The molecular formula is C22H24ClN3O3S. The smallest absolute Gasteiger partial charge is 0.253 e. The highest BCUT2D eigenvalue weighted by molar-refractivity contribution is 7.88. The molecule has 0 atom stereocenters. The first-order valence-corrected chi connectivity index (χ1v) is 11.5. The van der Waals surface area contributed by atoms with E-state index in [0.717, 1.165) is 22.6 Å².